The monoisotopic (exact) mass is 418 g/mol. The summed E-state index contributed by atoms with van der Waals surface area (Å²) >= 11 is 0. The molecule has 0 aromatic carbocycles. The third-order valence-electron chi connectivity index (χ3n) is 5.11. The third-order valence-corrected chi connectivity index (χ3v) is 5.11. The topological polar surface area (TPSA) is 124 Å². The molecule has 7 heteroatoms. The molecule has 0 radical (unpaired) electrons. The van der Waals surface area contributed by atoms with Crippen molar-refractivity contribution in [3.8, 4) is 0 Å². The lowest BCUT2D eigenvalue weighted by Crippen LogP contribution is -2.43. The van der Waals surface area contributed by atoms with Crippen molar-refractivity contribution in [2.24, 2.45) is 0 Å². The van der Waals surface area contributed by atoms with Crippen LogP contribution in [0.3, 0.4) is 0 Å². The van der Waals surface area contributed by atoms with Crippen LogP contribution >= 0.6 is 0 Å². The van der Waals surface area contributed by atoms with E-state index in [2.05, 4.69) is 13.8 Å². The Bertz CT molecular complexity index is 389. The van der Waals surface area contributed by atoms with Gasteiger partial charge in [0.05, 0.1) is 13.2 Å². The lowest BCUT2D eigenvalue weighted by atomic mass is 9.99. The quantitative estimate of drug-likeness (QED) is 0.224. The largest absolute Gasteiger partial charge is 0.393 e. The van der Waals surface area contributed by atoms with E-state index in [1.807, 2.05) is 0 Å². The third kappa shape index (κ3) is 12.4. The molecule has 29 heavy (non-hydrogen) atoms. The molecule has 0 aliphatic carbocycles. The van der Waals surface area contributed by atoms with E-state index in [1.54, 1.807) is 0 Å². The van der Waals surface area contributed by atoms with Gasteiger partial charge in [0.2, 0.25) is 0 Å². The van der Waals surface area contributed by atoms with Crippen LogP contribution in [0, 0.1) is 0 Å². The van der Waals surface area contributed by atoms with E-state index in [9.17, 15) is 19.8 Å². The van der Waals surface area contributed by atoms with Crippen LogP contribution < -0.4 is 0 Å². The molecule has 4 atom stereocenters. The molecule has 0 heterocycles. The molecule has 0 spiro atoms. The number of aliphatic hydroxyl groups excluding tert-OH is 4. The van der Waals surface area contributed by atoms with Crippen LogP contribution in [0.25, 0.3) is 0 Å². The SMILES string of the molecule is CCCCCCCC(OC(CCCCCCC)C(=O)C(O)CO)C(=O)C(O)CO. The number of unbranched alkanes of at least 4 members (excludes halogenated alkanes) is 8. The first-order chi connectivity index (χ1) is 13.9. The Balaban J connectivity index is 5.05. The van der Waals surface area contributed by atoms with Crippen LogP contribution in [0.1, 0.15) is 90.9 Å². The van der Waals surface area contributed by atoms with Gasteiger partial charge in [-0.15, -0.1) is 0 Å². The van der Waals surface area contributed by atoms with E-state index < -0.39 is 49.2 Å². The van der Waals surface area contributed by atoms with E-state index in [1.165, 1.54) is 0 Å². The fourth-order valence-corrected chi connectivity index (χ4v) is 3.23. The Kier molecular flexibility index (Phi) is 17.4. The van der Waals surface area contributed by atoms with E-state index in [-0.39, 0.29) is 0 Å². The molecule has 0 fully saturated rings. The predicted octanol–water partition coefficient (Wildman–Crippen LogP) is 2.31. The number of hydrogen-bond donors (Lipinski definition) is 4. The summed E-state index contributed by atoms with van der Waals surface area (Å²) < 4.78 is 5.79. The average molecular weight is 419 g/mol. The molecular formula is C22H42O7. The van der Waals surface area contributed by atoms with Crippen molar-refractivity contribution in [2.45, 2.75) is 115 Å². The summed E-state index contributed by atoms with van der Waals surface area (Å²) in [5, 5.41) is 37.8. The second-order valence-electron chi connectivity index (χ2n) is 7.72. The van der Waals surface area contributed by atoms with Gasteiger partial charge in [-0.25, -0.2) is 0 Å². The molecule has 4 unspecified atom stereocenters. The van der Waals surface area contributed by atoms with Crippen LogP contribution in [0.2, 0.25) is 0 Å². The molecule has 0 saturated heterocycles. The van der Waals surface area contributed by atoms with Crippen LogP contribution in [0.4, 0.5) is 0 Å². The number of ketones is 2. The first-order valence-corrected chi connectivity index (χ1v) is 11.2. The smallest absolute Gasteiger partial charge is 0.192 e. The van der Waals surface area contributed by atoms with E-state index in [4.69, 9.17) is 14.9 Å². The Morgan fingerprint density at radius 3 is 1.31 bits per heavy atom. The fraction of sp³-hybridized carbons (Fsp3) is 0.909. The van der Waals surface area contributed by atoms with Gasteiger partial charge in [0, 0.05) is 0 Å². The zero-order valence-electron chi connectivity index (χ0n) is 18.2. The van der Waals surface area contributed by atoms with Gasteiger partial charge in [-0.3, -0.25) is 9.59 Å². The molecule has 4 N–H and O–H groups in total. The van der Waals surface area contributed by atoms with Gasteiger partial charge in [0.15, 0.2) is 11.6 Å². The molecule has 0 aromatic rings. The first-order valence-electron chi connectivity index (χ1n) is 11.2. The van der Waals surface area contributed by atoms with Gasteiger partial charge in [-0.05, 0) is 12.8 Å². The predicted molar refractivity (Wildman–Crippen MR) is 112 cm³/mol. The summed E-state index contributed by atoms with van der Waals surface area (Å²) in [4.78, 5) is 24.9. The highest BCUT2D eigenvalue weighted by atomic mass is 16.5. The summed E-state index contributed by atoms with van der Waals surface area (Å²) in [5.74, 6) is -1.30. The Morgan fingerprint density at radius 1 is 0.655 bits per heavy atom. The molecule has 0 aliphatic heterocycles. The highest BCUT2D eigenvalue weighted by molar-refractivity contribution is 5.89. The van der Waals surface area contributed by atoms with E-state index in [0.29, 0.717) is 25.7 Å². The van der Waals surface area contributed by atoms with E-state index >= 15 is 0 Å². The van der Waals surface area contributed by atoms with Crippen molar-refractivity contribution >= 4 is 11.6 Å². The standard InChI is InChI=1S/C22H42O7/c1-3-5-7-9-11-13-19(21(27)17(25)15-23)29-20(22(28)18(26)16-24)14-12-10-8-6-4-2/h17-20,23-26H,3-16H2,1-2H3. The number of hydrogen-bond acceptors (Lipinski definition) is 7. The minimum Gasteiger partial charge on any atom is -0.393 e. The van der Waals surface area contributed by atoms with Crippen molar-refractivity contribution < 1.29 is 34.8 Å². The minimum absolute atomic E-state index is 0.342. The maximum atomic E-state index is 12.4. The summed E-state index contributed by atoms with van der Waals surface area (Å²) in [6.45, 7) is 2.80. The molecule has 0 rings (SSSR count). The number of ether oxygens (including phenoxy) is 1. The molecule has 0 aliphatic rings. The molecule has 0 aromatic heterocycles. The molecule has 0 bridgehead atoms. The van der Waals surface area contributed by atoms with Crippen LogP contribution in [-0.4, -0.2) is 69.6 Å². The van der Waals surface area contributed by atoms with Crippen LogP contribution in [0.15, 0.2) is 0 Å². The van der Waals surface area contributed by atoms with Gasteiger partial charge < -0.3 is 25.2 Å². The van der Waals surface area contributed by atoms with Gasteiger partial charge in [0.25, 0.3) is 0 Å². The summed E-state index contributed by atoms with van der Waals surface area (Å²) in [6.07, 6.45) is 5.20. The van der Waals surface area contributed by atoms with Gasteiger partial charge in [0.1, 0.15) is 24.4 Å². The van der Waals surface area contributed by atoms with Crippen molar-refractivity contribution in [2.75, 3.05) is 13.2 Å². The maximum absolute atomic E-state index is 12.4. The number of carbonyl (C=O) groups is 2. The Morgan fingerprint density at radius 2 is 1.00 bits per heavy atom. The second-order valence-corrected chi connectivity index (χ2v) is 7.72. The van der Waals surface area contributed by atoms with Crippen molar-refractivity contribution in [1.82, 2.24) is 0 Å². The number of carbonyl (C=O) groups excluding carboxylic acids is 2. The van der Waals surface area contributed by atoms with Crippen LogP contribution in [-0.2, 0) is 14.3 Å². The number of aliphatic hydroxyl groups is 4. The van der Waals surface area contributed by atoms with Crippen LogP contribution in [0.5, 0.6) is 0 Å². The molecule has 0 amide bonds. The van der Waals surface area contributed by atoms with Crippen molar-refractivity contribution in [1.29, 1.82) is 0 Å². The lowest BCUT2D eigenvalue weighted by Gasteiger charge is -2.26. The Labute approximate surface area is 175 Å². The zero-order valence-corrected chi connectivity index (χ0v) is 18.2. The van der Waals surface area contributed by atoms with Crippen molar-refractivity contribution in [3.05, 3.63) is 0 Å². The molecule has 172 valence electrons. The van der Waals surface area contributed by atoms with Crippen molar-refractivity contribution in [3.63, 3.8) is 0 Å². The fourth-order valence-electron chi connectivity index (χ4n) is 3.23. The summed E-state index contributed by atoms with van der Waals surface area (Å²) in [7, 11) is 0. The van der Waals surface area contributed by atoms with Gasteiger partial charge in [-0.2, -0.15) is 0 Å². The van der Waals surface area contributed by atoms with Gasteiger partial charge in [-0.1, -0.05) is 78.1 Å². The minimum atomic E-state index is -1.56. The molecule has 7 nitrogen and oxygen atoms in total. The summed E-state index contributed by atoms with van der Waals surface area (Å²) in [5.41, 5.74) is 0. The maximum Gasteiger partial charge on any atom is 0.192 e. The highest BCUT2D eigenvalue weighted by Crippen LogP contribution is 2.18. The Hall–Kier alpha value is -0.860. The molecular weight excluding hydrogens is 376 g/mol. The number of rotatable bonds is 20. The van der Waals surface area contributed by atoms with E-state index in [0.717, 1.165) is 51.4 Å². The normalized spacial score (nSPS) is 15.7. The first kappa shape index (κ1) is 28.1. The average Bonchev–Trinajstić information content (AvgIpc) is 2.74. The van der Waals surface area contributed by atoms with Gasteiger partial charge >= 0.3 is 0 Å². The molecule has 0 saturated carbocycles. The second kappa shape index (κ2) is 18.0. The zero-order chi connectivity index (χ0) is 22.1. The number of Topliss-reactive ketones (excluding diaryl/α,β-unsaturated/α-hetero) is 2. The highest BCUT2D eigenvalue weighted by Gasteiger charge is 2.32. The summed E-state index contributed by atoms with van der Waals surface area (Å²) in [6, 6.07) is 0. The lowest BCUT2D eigenvalue weighted by molar-refractivity contribution is -0.156.